The van der Waals surface area contributed by atoms with Gasteiger partial charge in [-0.1, -0.05) is 56.9 Å². The van der Waals surface area contributed by atoms with Crippen molar-refractivity contribution in [3.05, 3.63) is 78.4 Å². The molecule has 0 aliphatic carbocycles. The first-order chi connectivity index (χ1) is 14.7. The van der Waals surface area contributed by atoms with Gasteiger partial charge in [0.25, 0.3) is 0 Å². The Labute approximate surface area is 178 Å². The minimum Gasteiger partial charge on any atom is -0.508 e. The van der Waals surface area contributed by atoms with Gasteiger partial charge in [-0.2, -0.15) is 0 Å². The quantitative estimate of drug-likeness (QED) is 0.234. The van der Waals surface area contributed by atoms with E-state index in [1.54, 1.807) is 48.5 Å². The molecule has 0 fully saturated rings. The fourth-order valence-corrected chi connectivity index (χ4v) is 3.12. The van der Waals surface area contributed by atoms with Crippen LogP contribution in [0.15, 0.2) is 72.8 Å². The van der Waals surface area contributed by atoms with E-state index < -0.39 is 5.97 Å². The monoisotopic (exact) mass is 404 g/mol. The Hall–Kier alpha value is -3.27. The van der Waals surface area contributed by atoms with Gasteiger partial charge in [0.05, 0.1) is 12.2 Å². The number of esters is 1. The Kier molecular flexibility index (Phi) is 7.90. The van der Waals surface area contributed by atoms with Crippen LogP contribution in [-0.4, -0.2) is 17.7 Å². The Morgan fingerprint density at radius 2 is 1.30 bits per heavy atom. The van der Waals surface area contributed by atoms with E-state index in [1.165, 1.54) is 25.7 Å². The third-order valence-electron chi connectivity index (χ3n) is 4.87. The van der Waals surface area contributed by atoms with Crippen molar-refractivity contribution in [3.63, 3.8) is 0 Å². The fourth-order valence-electron chi connectivity index (χ4n) is 3.12. The highest BCUT2D eigenvalue weighted by Gasteiger charge is 2.09. The van der Waals surface area contributed by atoms with Gasteiger partial charge in [-0.25, -0.2) is 4.79 Å². The summed E-state index contributed by atoms with van der Waals surface area (Å²) < 4.78 is 11.2. The minimum absolute atomic E-state index is 0.229. The lowest BCUT2D eigenvalue weighted by molar-refractivity contribution is 0.0734. The Morgan fingerprint density at radius 3 is 1.93 bits per heavy atom. The number of carbonyl (C=O) groups excluding carboxylic acids is 1. The topological polar surface area (TPSA) is 55.8 Å². The number of aromatic hydroxyl groups is 1. The van der Waals surface area contributed by atoms with Crippen molar-refractivity contribution in [1.29, 1.82) is 0 Å². The second-order valence-corrected chi connectivity index (χ2v) is 7.25. The first kappa shape index (κ1) is 21.4. The third-order valence-corrected chi connectivity index (χ3v) is 4.87. The van der Waals surface area contributed by atoms with Crippen LogP contribution in [0.4, 0.5) is 0 Å². The lowest BCUT2D eigenvalue weighted by atomic mass is 10.1. The van der Waals surface area contributed by atoms with Crippen LogP contribution >= 0.6 is 0 Å². The molecule has 0 aromatic heterocycles. The Morgan fingerprint density at radius 1 is 0.733 bits per heavy atom. The zero-order valence-corrected chi connectivity index (χ0v) is 17.3. The van der Waals surface area contributed by atoms with Crippen LogP contribution in [0.25, 0.3) is 11.1 Å². The van der Waals surface area contributed by atoms with E-state index >= 15 is 0 Å². The molecule has 3 rings (SSSR count). The molecular weight excluding hydrogens is 376 g/mol. The average Bonchev–Trinajstić information content (AvgIpc) is 2.78. The second-order valence-electron chi connectivity index (χ2n) is 7.25. The fraction of sp³-hybridized carbons (Fsp3) is 0.269. The molecule has 4 nitrogen and oxygen atoms in total. The van der Waals surface area contributed by atoms with Crippen LogP contribution < -0.4 is 9.47 Å². The maximum Gasteiger partial charge on any atom is 0.343 e. The molecule has 4 heteroatoms. The van der Waals surface area contributed by atoms with Crippen molar-refractivity contribution < 1.29 is 19.4 Å². The molecular formula is C26H28O4. The second kappa shape index (κ2) is 11.1. The first-order valence-electron chi connectivity index (χ1n) is 10.5. The van der Waals surface area contributed by atoms with Crippen LogP contribution in [0.3, 0.4) is 0 Å². The molecule has 30 heavy (non-hydrogen) atoms. The summed E-state index contributed by atoms with van der Waals surface area (Å²) in [7, 11) is 0. The number of benzene rings is 3. The van der Waals surface area contributed by atoms with Crippen molar-refractivity contribution in [2.24, 2.45) is 0 Å². The van der Waals surface area contributed by atoms with Gasteiger partial charge in [0.15, 0.2) is 0 Å². The summed E-state index contributed by atoms with van der Waals surface area (Å²) in [6, 6.07) is 21.3. The highest BCUT2D eigenvalue weighted by Crippen LogP contribution is 2.24. The minimum atomic E-state index is -0.404. The number of ether oxygens (including phenoxy) is 2. The summed E-state index contributed by atoms with van der Waals surface area (Å²) in [5.74, 6) is 1.07. The zero-order valence-electron chi connectivity index (χ0n) is 17.3. The predicted octanol–water partition coefficient (Wildman–Crippen LogP) is 6.63. The van der Waals surface area contributed by atoms with Gasteiger partial charge in [-0.05, 0) is 66.1 Å². The number of hydrogen-bond donors (Lipinski definition) is 1. The summed E-state index contributed by atoms with van der Waals surface area (Å²) in [6.07, 6.45) is 5.99. The number of phenolic OH excluding ortho intramolecular Hbond substituents is 1. The molecule has 0 saturated heterocycles. The van der Waals surface area contributed by atoms with Gasteiger partial charge in [-0.15, -0.1) is 0 Å². The van der Waals surface area contributed by atoms with Crippen molar-refractivity contribution in [2.45, 2.75) is 39.0 Å². The molecule has 0 aliphatic rings. The number of carbonyl (C=O) groups is 1. The van der Waals surface area contributed by atoms with E-state index in [0.29, 0.717) is 17.9 Å². The molecule has 0 atom stereocenters. The summed E-state index contributed by atoms with van der Waals surface area (Å²) in [6.45, 7) is 2.90. The maximum absolute atomic E-state index is 12.4. The standard InChI is InChI=1S/C26H28O4/c1-2-3-4-5-6-19-29-24-15-11-22(12-16-24)26(28)30-25-17-9-21(10-18-25)20-7-13-23(27)14-8-20/h7-18,27H,2-6,19H2,1H3. The van der Waals surface area contributed by atoms with Gasteiger partial charge in [0.1, 0.15) is 17.2 Å². The van der Waals surface area contributed by atoms with Gasteiger partial charge in [0, 0.05) is 0 Å². The van der Waals surface area contributed by atoms with Gasteiger partial charge >= 0.3 is 5.97 Å². The van der Waals surface area contributed by atoms with Gasteiger partial charge < -0.3 is 14.6 Å². The largest absolute Gasteiger partial charge is 0.508 e. The van der Waals surface area contributed by atoms with Crippen molar-refractivity contribution in [3.8, 4) is 28.4 Å². The predicted molar refractivity (Wildman–Crippen MR) is 119 cm³/mol. The van der Waals surface area contributed by atoms with Crippen LogP contribution in [0, 0.1) is 0 Å². The summed E-state index contributed by atoms with van der Waals surface area (Å²) in [5, 5.41) is 9.39. The number of phenols is 1. The lowest BCUT2D eigenvalue weighted by Crippen LogP contribution is -2.08. The zero-order chi connectivity index (χ0) is 21.2. The van der Waals surface area contributed by atoms with E-state index in [0.717, 1.165) is 23.3 Å². The van der Waals surface area contributed by atoms with Gasteiger partial charge in [-0.3, -0.25) is 0 Å². The normalized spacial score (nSPS) is 10.6. The van der Waals surface area contributed by atoms with Gasteiger partial charge in [0.2, 0.25) is 0 Å². The molecule has 156 valence electrons. The Bertz CT molecular complexity index is 913. The molecule has 0 aliphatic heterocycles. The molecule has 1 N–H and O–H groups in total. The highest BCUT2D eigenvalue weighted by molar-refractivity contribution is 5.91. The molecule has 0 heterocycles. The summed E-state index contributed by atoms with van der Waals surface area (Å²) in [4.78, 5) is 12.4. The van der Waals surface area contributed by atoms with Crippen LogP contribution in [0.1, 0.15) is 49.4 Å². The van der Waals surface area contributed by atoms with E-state index in [-0.39, 0.29) is 5.75 Å². The molecule has 0 amide bonds. The van der Waals surface area contributed by atoms with E-state index in [4.69, 9.17) is 9.47 Å². The number of unbranched alkanes of at least 4 members (excludes halogenated alkanes) is 4. The number of rotatable bonds is 10. The van der Waals surface area contributed by atoms with Crippen molar-refractivity contribution in [1.82, 2.24) is 0 Å². The first-order valence-corrected chi connectivity index (χ1v) is 10.5. The third kappa shape index (κ3) is 6.38. The van der Waals surface area contributed by atoms with Crippen LogP contribution in [0.2, 0.25) is 0 Å². The maximum atomic E-state index is 12.4. The molecule has 0 bridgehead atoms. The SMILES string of the molecule is CCCCCCCOc1ccc(C(=O)Oc2ccc(-c3ccc(O)cc3)cc2)cc1. The average molecular weight is 405 g/mol. The smallest absolute Gasteiger partial charge is 0.343 e. The van der Waals surface area contributed by atoms with Crippen LogP contribution in [-0.2, 0) is 0 Å². The van der Waals surface area contributed by atoms with Crippen molar-refractivity contribution in [2.75, 3.05) is 6.61 Å². The lowest BCUT2D eigenvalue weighted by Gasteiger charge is -2.08. The molecule has 0 unspecified atom stereocenters. The molecule has 3 aromatic rings. The number of hydrogen-bond acceptors (Lipinski definition) is 4. The van der Waals surface area contributed by atoms with Crippen molar-refractivity contribution >= 4 is 5.97 Å². The molecule has 0 radical (unpaired) electrons. The van der Waals surface area contributed by atoms with E-state index in [1.807, 2.05) is 24.3 Å². The molecule has 3 aromatic carbocycles. The molecule has 0 saturated carbocycles. The summed E-state index contributed by atoms with van der Waals surface area (Å²) in [5.41, 5.74) is 2.44. The highest BCUT2D eigenvalue weighted by atomic mass is 16.5. The van der Waals surface area contributed by atoms with Crippen LogP contribution in [0.5, 0.6) is 17.2 Å². The molecule has 0 spiro atoms. The Balaban J connectivity index is 1.50. The summed E-state index contributed by atoms with van der Waals surface area (Å²) >= 11 is 0. The van der Waals surface area contributed by atoms with E-state index in [9.17, 15) is 9.90 Å². The van der Waals surface area contributed by atoms with E-state index in [2.05, 4.69) is 6.92 Å².